The number of carbonyl (C=O) groups is 1. The minimum atomic E-state index is -0.0669. The molecule has 3 heteroatoms. The van der Waals surface area contributed by atoms with Crippen LogP contribution in [0.15, 0.2) is 4.42 Å². The number of rotatable bonds is 13. The first-order chi connectivity index (χ1) is 11.6. The van der Waals surface area contributed by atoms with Gasteiger partial charge in [-0.2, -0.15) is 0 Å². The van der Waals surface area contributed by atoms with Gasteiger partial charge in [0.25, 0.3) is 0 Å². The molecule has 0 aromatic carbocycles. The van der Waals surface area contributed by atoms with Crippen LogP contribution in [0.3, 0.4) is 0 Å². The number of carbonyl (C=O) groups excluding carboxylic acids is 1. The van der Waals surface area contributed by atoms with Gasteiger partial charge in [0, 0.05) is 19.3 Å². The fourth-order valence-corrected chi connectivity index (χ4v) is 3.05. The first-order valence-corrected chi connectivity index (χ1v) is 9.83. The molecule has 0 unspecified atom stereocenters. The van der Waals surface area contributed by atoms with Crippen molar-refractivity contribution < 1.29 is 13.9 Å². The van der Waals surface area contributed by atoms with E-state index in [0.29, 0.717) is 13.0 Å². The molecule has 0 bridgehead atoms. The molecule has 138 valence electrons. The van der Waals surface area contributed by atoms with E-state index in [1.165, 1.54) is 48.3 Å². The smallest absolute Gasteiger partial charge is 0.305 e. The van der Waals surface area contributed by atoms with E-state index in [4.69, 9.17) is 9.15 Å². The Hall–Kier alpha value is -1.25. The van der Waals surface area contributed by atoms with Crippen LogP contribution in [0.25, 0.3) is 0 Å². The summed E-state index contributed by atoms with van der Waals surface area (Å²) in [4.78, 5) is 11.3. The van der Waals surface area contributed by atoms with Crippen molar-refractivity contribution in [2.75, 3.05) is 6.61 Å². The molecule has 0 spiro atoms. The molecule has 0 amide bonds. The van der Waals surface area contributed by atoms with Crippen LogP contribution in [-0.4, -0.2) is 12.6 Å². The Morgan fingerprint density at radius 2 is 1.38 bits per heavy atom. The fraction of sp³-hybridized carbons (Fsp3) is 0.762. The van der Waals surface area contributed by atoms with E-state index in [0.717, 1.165) is 38.5 Å². The molecule has 0 atom stereocenters. The normalized spacial score (nSPS) is 11.0. The van der Waals surface area contributed by atoms with E-state index in [1.54, 1.807) is 0 Å². The summed E-state index contributed by atoms with van der Waals surface area (Å²) in [6.07, 6.45) is 12.0. The van der Waals surface area contributed by atoms with Crippen LogP contribution in [0.1, 0.15) is 94.3 Å². The lowest BCUT2D eigenvalue weighted by Crippen LogP contribution is -2.03. The topological polar surface area (TPSA) is 39.4 Å². The molecule has 1 aromatic rings. The van der Waals surface area contributed by atoms with Crippen molar-refractivity contribution >= 4 is 5.97 Å². The van der Waals surface area contributed by atoms with E-state index in [-0.39, 0.29) is 5.97 Å². The standard InChI is InChI=1S/C21H36O3/c1-5-7-8-11-14-19-17(3)18(4)20(24-19)15-12-9-10-13-16-21(22)23-6-2/h5-16H2,1-4H3. The van der Waals surface area contributed by atoms with Crippen LogP contribution in [0, 0.1) is 13.8 Å². The van der Waals surface area contributed by atoms with Gasteiger partial charge in [0.1, 0.15) is 11.5 Å². The van der Waals surface area contributed by atoms with E-state index >= 15 is 0 Å². The zero-order valence-electron chi connectivity index (χ0n) is 16.2. The van der Waals surface area contributed by atoms with Crippen molar-refractivity contribution in [2.24, 2.45) is 0 Å². The van der Waals surface area contributed by atoms with Gasteiger partial charge in [0.15, 0.2) is 0 Å². The van der Waals surface area contributed by atoms with Gasteiger partial charge in [-0.15, -0.1) is 0 Å². The summed E-state index contributed by atoms with van der Waals surface area (Å²) < 4.78 is 11.1. The van der Waals surface area contributed by atoms with Crippen molar-refractivity contribution in [1.82, 2.24) is 0 Å². The fourth-order valence-electron chi connectivity index (χ4n) is 3.05. The summed E-state index contributed by atoms with van der Waals surface area (Å²) >= 11 is 0. The molecule has 3 nitrogen and oxygen atoms in total. The van der Waals surface area contributed by atoms with Crippen molar-refractivity contribution in [3.05, 3.63) is 22.6 Å². The Bertz CT molecular complexity index is 474. The summed E-state index contributed by atoms with van der Waals surface area (Å²) in [6, 6.07) is 0. The van der Waals surface area contributed by atoms with Gasteiger partial charge in [0.05, 0.1) is 6.61 Å². The van der Waals surface area contributed by atoms with Gasteiger partial charge < -0.3 is 9.15 Å². The average Bonchev–Trinajstić information content (AvgIpc) is 2.83. The number of aryl methyl sites for hydroxylation is 2. The van der Waals surface area contributed by atoms with Crippen molar-refractivity contribution in [1.29, 1.82) is 0 Å². The number of ether oxygens (including phenoxy) is 1. The second-order valence-corrected chi connectivity index (χ2v) is 6.73. The molecule has 1 aromatic heterocycles. The van der Waals surface area contributed by atoms with E-state index < -0.39 is 0 Å². The molecule has 1 heterocycles. The molecular weight excluding hydrogens is 300 g/mol. The molecule has 0 aliphatic rings. The third-order valence-corrected chi connectivity index (χ3v) is 4.74. The minimum absolute atomic E-state index is 0.0669. The maximum absolute atomic E-state index is 11.3. The molecule has 0 aliphatic carbocycles. The van der Waals surface area contributed by atoms with Crippen LogP contribution in [-0.2, 0) is 22.4 Å². The molecule has 0 saturated carbocycles. The first-order valence-electron chi connectivity index (χ1n) is 9.83. The zero-order valence-corrected chi connectivity index (χ0v) is 16.2. The number of hydrogen-bond acceptors (Lipinski definition) is 3. The largest absolute Gasteiger partial charge is 0.466 e. The second kappa shape index (κ2) is 12.2. The van der Waals surface area contributed by atoms with Crippen LogP contribution in [0.5, 0.6) is 0 Å². The maximum Gasteiger partial charge on any atom is 0.305 e. The number of hydrogen-bond donors (Lipinski definition) is 0. The summed E-state index contributed by atoms with van der Waals surface area (Å²) in [5.41, 5.74) is 2.69. The number of unbranched alkanes of at least 4 members (excludes halogenated alkanes) is 6. The van der Waals surface area contributed by atoms with Crippen molar-refractivity contribution in [2.45, 2.75) is 98.3 Å². The average molecular weight is 337 g/mol. The third kappa shape index (κ3) is 7.55. The predicted molar refractivity (Wildman–Crippen MR) is 99.5 cm³/mol. The van der Waals surface area contributed by atoms with E-state index in [2.05, 4.69) is 20.8 Å². The molecule has 1 rings (SSSR count). The molecule has 0 N–H and O–H groups in total. The lowest BCUT2D eigenvalue weighted by atomic mass is 10.0. The summed E-state index contributed by atoms with van der Waals surface area (Å²) in [5.74, 6) is 2.30. The molecular formula is C21H36O3. The monoisotopic (exact) mass is 336 g/mol. The highest BCUT2D eigenvalue weighted by atomic mass is 16.5. The van der Waals surface area contributed by atoms with Crippen LogP contribution >= 0.6 is 0 Å². The van der Waals surface area contributed by atoms with Crippen molar-refractivity contribution in [3.63, 3.8) is 0 Å². The lowest BCUT2D eigenvalue weighted by Gasteiger charge is -2.02. The van der Waals surface area contributed by atoms with Gasteiger partial charge >= 0.3 is 5.97 Å². The minimum Gasteiger partial charge on any atom is -0.466 e. The summed E-state index contributed by atoms with van der Waals surface area (Å²) in [7, 11) is 0. The first kappa shape index (κ1) is 20.8. The van der Waals surface area contributed by atoms with Crippen LogP contribution < -0.4 is 0 Å². The van der Waals surface area contributed by atoms with Gasteiger partial charge in [-0.3, -0.25) is 4.79 Å². The Labute approximate surface area is 148 Å². The molecule has 0 saturated heterocycles. The van der Waals surface area contributed by atoms with Gasteiger partial charge in [-0.1, -0.05) is 39.0 Å². The Balaban J connectivity index is 2.26. The van der Waals surface area contributed by atoms with Gasteiger partial charge in [-0.25, -0.2) is 0 Å². The molecule has 0 fully saturated rings. The molecule has 0 radical (unpaired) electrons. The Kier molecular flexibility index (Phi) is 10.5. The van der Waals surface area contributed by atoms with Gasteiger partial charge in [-0.05, 0) is 51.2 Å². The SMILES string of the molecule is CCCCCCc1oc(CCCCCCC(=O)OCC)c(C)c1C. The highest BCUT2D eigenvalue weighted by molar-refractivity contribution is 5.69. The maximum atomic E-state index is 11.3. The quantitative estimate of drug-likeness (QED) is 0.324. The Morgan fingerprint density at radius 1 is 0.833 bits per heavy atom. The highest BCUT2D eigenvalue weighted by Crippen LogP contribution is 2.25. The molecule has 0 aliphatic heterocycles. The Morgan fingerprint density at radius 3 is 1.92 bits per heavy atom. The highest BCUT2D eigenvalue weighted by Gasteiger charge is 2.13. The van der Waals surface area contributed by atoms with E-state index in [1.807, 2.05) is 6.92 Å². The predicted octanol–water partition coefficient (Wildman–Crippen LogP) is 6.08. The zero-order chi connectivity index (χ0) is 17.8. The number of furan rings is 1. The van der Waals surface area contributed by atoms with Crippen molar-refractivity contribution in [3.8, 4) is 0 Å². The van der Waals surface area contributed by atoms with E-state index in [9.17, 15) is 4.79 Å². The molecule has 24 heavy (non-hydrogen) atoms. The van der Waals surface area contributed by atoms with Gasteiger partial charge in [0.2, 0.25) is 0 Å². The summed E-state index contributed by atoms with van der Waals surface area (Å²) in [5, 5.41) is 0. The van der Waals surface area contributed by atoms with Crippen LogP contribution in [0.4, 0.5) is 0 Å². The third-order valence-electron chi connectivity index (χ3n) is 4.74. The lowest BCUT2D eigenvalue weighted by molar-refractivity contribution is -0.143. The van der Waals surface area contributed by atoms with Crippen LogP contribution in [0.2, 0.25) is 0 Å². The second-order valence-electron chi connectivity index (χ2n) is 6.73. The number of esters is 1. The summed E-state index contributed by atoms with van der Waals surface area (Å²) in [6.45, 7) is 8.95.